The van der Waals surface area contributed by atoms with E-state index in [0.29, 0.717) is 6.04 Å². The summed E-state index contributed by atoms with van der Waals surface area (Å²) in [5.41, 5.74) is 1.50. The maximum absolute atomic E-state index is 5.32. The van der Waals surface area contributed by atoms with Gasteiger partial charge >= 0.3 is 0 Å². The van der Waals surface area contributed by atoms with Crippen LogP contribution in [0.1, 0.15) is 32.1 Å². The Bertz CT molecular complexity index is 357. The van der Waals surface area contributed by atoms with Crippen LogP contribution in [0.4, 0.5) is 0 Å². The molecule has 114 valence electrons. The Kier molecular flexibility index (Phi) is 6.73. The van der Waals surface area contributed by atoms with Gasteiger partial charge in [0.05, 0.1) is 13.2 Å². The van der Waals surface area contributed by atoms with Crippen LogP contribution in [0.2, 0.25) is 0 Å². The van der Waals surface area contributed by atoms with Gasteiger partial charge in [-0.25, -0.2) is 0 Å². The summed E-state index contributed by atoms with van der Waals surface area (Å²) in [7, 11) is 1.85. The Morgan fingerprint density at radius 3 is 3.05 bits per heavy atom. The normalized spacial score (nSPS) is 27.3. The summed E-state index contributed by atoms with van der Waals surface area (Å²) >= 11 is 1.99. The first-order chi connectivity index (χ1) is 9.81. The maximum Gasteiger partial charge on any atom is 0.191 e. The van der Waals surface area contributed by atoms with Crippen molar-refractivity contribution < 1.29 is 4.74 Å². The van der Waals surface area contributed by atoms with Crippen molar-refractivity contribution in [1.82, 2.24) is 10.6 Å². The summed E-state index contributed by atoms with van der Waals surface area (Å²) in [6, 6.07) is 0.584. The molecule has 0 aromatic rings. The smallest absolute Gasteiger partial charge is 0.191 e. The largest absolute Gasteiger partial charge is 0.377 e. The van der Waals surface area contributed by atoms with Gasteiger partial charge in [0.25, 0.3) is 0 Å². The Balaban J connectivity index is 1.66. The number of nitrogens with zero attached hydrogens (tertiary/aromatic N) is 1. The zero-order valence-corrected chi connectivity index (χ0v) is 13.5. The Hall–Kier alpha value is -0.680. The van der Waals surface area contributed by atoms with E-state index in [9.17, 15) is 0 Å². The average molecular weight is 297 g/mol. The zero-order chi connectivity index (χ0) is 14.2. The third-order valence-corrected chi connectivity index (χ3v) is 5.17. The van der Waals surface area contributed by atoms with Gasteiger partial charge in [-0.05, 0) is 38.4 Å². The third kappa shape index (κ3) is 5.02. The Morgan fingerprint density at radius 2 is 2.40 bits per heavy atom. The van der Waals surface area contributed by atoms with Crippen molar-refractivity contribution in [1.29, 1.82) is 0 Å². The summed E-state index contributed by atoms with van der Waals surface area (Å²) < 4.78 is 5.32. The van der Waals surface area contributed by atoms with Crippen molar-refractivity contribution >= 4 is 17.7 Å². The molecule has 5 heteroatoms. The molecular weight excluding hydrogens is 270 g/mol. The highest BCUT2D eigenvalue weighted by molar-refractivity contribution is 7.99. The SMILES string of the molecule is CN=C(NCCC1=CCOCC1)NC1CCC(SC)C1. The van der Waals surface area contributed by atoms with E-state index in [4.69, 9.17) is 4.74 Å². The number of hydrogen-bond donors (Lipinski definition) is 2. The lowest BCUT2D eigenvalue weighted by Gasteiger charge is -2.18. The fraction of sp³-hybridized carbons (Fsp3) is 0.800. The minimum Gasteiger partial charge on any atom is -0.377 e. The van der Waals surface area contributed by atoms with Gasteiger partial charge in [0.1, 0.15) is 0 Å². The first-order valence-corrected chi connectivity index (χ1v) is 8.86. The molecule has 2 atom stereocenters. The van der Waals surface area contributed by atoms with Crippen molar-refractivity contribution in [2.75, 3.05) is 33.1 Å². The molecule has 2 rings (SSSR count). The van der Waals surface area contributed by atoms with Crippen molar-refractivity contribution in [2.24, 2.45) is 4.99 Å². The molecule has 1 fully saturated rings. The molecule has 2 N–H and O–H groups in total. The van der Waals surface area contributed by atoms with Gasteiger partial charge < -0.3 is 15.4 Å². The number of guanidine groups is 1. The summed E-state index contributed by atoms with van der Waals surface area (Å²) in [4.78, 5) is 4.33. The summed E-state index contributed by atoms with van der Waals surface area (Å²) in [5.74, 6) is 0.949. The van der Waals surface area contributed by atoms with E-state index in [1.54, 1.807) is 0 Å². The van der Waals surface area contributed by atoms with E-state index < -0.39 is 0 Å². The van der Waals surface area contributed by atoms with E-state index in [2.05, 4.69) is 28.0 Å². The predicted molar refractivity (Wildman–Crippen MR) is 87.6 cm³/mol. The van der Waals surface area contributed by atoms with Crippen LogP contribution in [0.15, 0.2) is 16.6 Å². The fourth-order valence-corrected chi connectivity index (χ4v) is 3.60. The van der Waals surface area contributed by atoms with E-state index in [0.717, 1.165) is 43.8 Å². The Labute approximate surface area is 126 Å². The van der Waals surface area contributed by atoms with Crippen LogP contribution in [-0.2, 0) is 4.74 Å². The summed E-state index contributed by atoms with van der Waals surface area (Å²) in [5, 5.41) is 7.79. The highest BCUT2D eigenvalue weighted by atomic mass is 32.2. The fourth-order valence-electron chi connectivity index (χ4n) is 2.81. The van der Waals surface area contributed by atoms with Crippen LogP contribution >= 0.6 is 11.8 Å². The molecule has 0 aromatic carbocycles. The second-order valence-corrected chi connectivity index (χ2v) is 6.59. The highest BCUT2D eigenvalue weighted by Gasteiger charge is 2.24. The van der Waals surface area contributed by atoms with Gasteiger partial charge in [-0.15, -0.1) is 0 Å². The minimum absolute atomic E-state index is 0.584. The topological polar surface area (TPSA) is 45.7 Å². The number of aliphatic imine (C=N–C) groups is 1. The van der Waals surface area contributed by atoms with Crippen LogP contribution in [0, 0.1) is 0 Å². The highest BCUT2D eigenvalue weighted by Crippen LogP contribution is 2.27. The molecule has 0 spiro atoms. The van der Waals surface area contributed by atoms with E-state index in [1.807, 2.05) is 18.8 Å². The second-order valence-electron chi connectivity index (χ2n) is 5.45. The van der Waals surface area contributed by atoms with Crippen LogP contribution in [0.5, 0.6) is 0 Å². The lowest BCUT2D eigenvalue weighted by molar-refractivity contribution is 0.153. The van der Waals surface area contributed by atoms with Gasteiger partial charge in [0.15, 0.2) is 5.96 Å². The number of hydrogen-bond acceptors (Lipinski definition) is 3. The minimum atomic E-state index is 0.584. The van der Waals surface area contributed by atoms with Crippen molar-refractivity contribution in [3.8, 4) is 0 Å². The molecule has 2 unspecified atom stereocenters. The number of rotatable bonds is 5. The van der Waals surface area contributed by atoms with E-state index >= 15 is 0 Å². The molecular formula is C15H27N3OS. The number of thioether (sulfide) groups is 1. The maximum atomic E-state index is 5.32. The zero-order valence-electron chi connectivity index (χ0n) is 12.7. The molecule has 20 heavy (non-hydrogen) atoms. The molecule has 1 saturated carbocycles. The van der Waals surface area contributed by atoms with Crippen LogP contribution < -0.4 is 10.6 Å². The molecule has 1 heterocycles. The van der Waals surface area contributed by atoms with Crippen LogP contribution in [0.25, 0.3) is 0 Å². The molecule has 2 aliphatic rings. The monoisotopic (exact) mass is 297 g/mol. The van der Waals surface area contributed by atoms with Crippen molar-refractivity contribution in [3.05, 3.63) is 11.6 Å². The van der Waals surface area contributed by atoms with Crippen molar-refractivity contribution in [3.63, 3.8) is 0 Å². The van der Waals surface area contributed by atoms with Crippen molar-refractivity contribution in [2.45, 2.75) is 43.4 Å². The van der Waals surface area contributed by atoms with Crippen LogP contribution in [-0.4, -0.2) is 50.3 Å². The molecule has 4 nitrogen and oxygen atoms in total. The average Bonchev–Trinajstić information content (AvgIpc) is 2.95. The Morgan fingerprint density at radius 1 is 1.50 bits per heavy atom. The molecule has 0 aromatic heterocycles. The summed E-state index contributed by atoms with van der Waals surface area (Å²) in [6.07, 6.45) is 10.4. The molecule has 1 aliphatic carbocycles. The lowest BCUT2D eigenvalue weighted by atomic mass is 10.1. The standard InChI is InChI=1S/C15H27N3OS/c1-16-15(18-13-3-4-14(11-13)20-2)17-8-5-12-6-9-19-10-7-12/h6,13-14H,3-5,7-11H2,1-2H3,(H2,16,17,18). The van der Waals surface area contributed by atoms with Gasteiger partial charge in [-0.3, -0.25) is 4.99 Å². The van der Waals surface area contributed by atoms with Crippen LogP contribution in [0.3, 0.4) is 0 Å². The second kappa shape index (κ2) is 8.57. The van der Waals surface area contributed by atoms with E-state index in [-0.39, 0.29) is 0 Å². The van der Waals surface area contributed by atoms with E-state index in [1.165, 1.54) is 24.8 Å². The first kappa shape index (κ1) is 15.7. The predicted octanol–water partition coefficient (Wildman–Crippen LogP) is 2.17. The third-order valence-electron chi connectivity index (χ3n) is 4.08. The lowest BCUT2D eigenvalue weighted by Crippen LogP contribution is -2.43. The number of nitrogens with one attached hydrogen (secondary N) is 2. The molecule has 0 bridgehead atoms. The first-order valence-electron chi connectivity index (χ1n) is 7.57. The molecule has 0 radical (unpaired) electrons. The molecule has 0 amide bonds. The number of ether oxygens (including phenoxy) is 1. The van der Waals surface area contributed by atoms with Gasteiger partial charge in [-0.1, -0.05) is 11.6 Å². The van der Waals surface area contributed by atoms with Gasteiger partial charge in [0.2, 0.25) is 0 Å². The van der Waals surface area contributed by atoms with Gasteiger partial charge in [-0.2, -0.15) is 11.8 Å². The molecule has 1 aliphatic heterocycles. The van der Waals surface area contributed by atoms with Gasteiger partial charge in [0, 0.05) is 24.9 Å². The summed E-state index contributed by atoms with van der Waals surface area (Å²) in [6.45, 7) is 2.60. The quantitative estimate of drug-likeness (QED) is 0.464. The molecule has 0 saturated heterocycles.